The number of rotatable bonds is 4. The molecular formula is C8H13N5O. The Balaban J connectivity index is 2.83. The highest BCUT2D eigenvalue weighted by Gasteiger charge is 2.04. The quantitative estimate of drug-likeness (QED) is 0.500. The summed E-state index contributed by atoms with van der Waals surface area (Å²) in [6.45, 7) is 2.01. The molecule has 0 saturated carbocycles. The van der Waals surface area contributed by atoms with Gasteiger partial charge in [-0.1, -0.05) is 0 Å². The van der Waals surface area contributed by atoms with Gasteiger partial charge in [-0.05, 0) is 6.92 Å². The molecule has 1 rings (SSSR count). The third-order valence-corrected chi connectivity index (χ3v) is 1.62. The Morgan fingerprint density at radius 3 is 2.93 bits per heavy atom. The zero-order valence-corrected chi connectivity index (χ0v) is 7.91. The molecule has 0 unspecified atom stereocenters. The molecule has 0 atom stereocenters. The van der Waals surface area contributed by atoms with Gasteiger partial charge in [0.05, 0.1) is 12.2 Å². The van der Waals surface area contributed by atoms with Crippen LogP contribution in [0, 0.1) is 5.41 Å². The molecule has 76 valence electrons. The van der Waals surface area contributed by atoms with Crippen molar-refractivity contribution in [3.63, 3.8) is 0 Å². The number of aliphatic hydroxyl groups excluding tert-OH is 1. The predicted molar refractivity (Wildman–Crippen MR) is 54.5 cm³/mol. The third kappa shape index (κ3) is 2.40. The number of aromatic nitrogens is 2. The molecule has 1 aromatic heterocycles. The van der Waals surface area contributed by atoms with Crippen LogP contribution in [-0.4, -0.2) is 33.9 Å². The van der Waals surface area contributed by atoms with Gasteiger partial charge in [-0.25, -0.2) is 4.98 Å². The molecule has 6 heteroatoms. The summed E-state index contributed by atoms with van der Waals surface area (Å²) in [5, 5.41) is 18.7. The van der Waals surface area contributed by atoms with Crippen LogP contribution in [0.5, 0.6) is 0 Å². The van der Waals surface area contributed by atoms with Crippen LogP contribution in [0.3, 0.4) is 0 Å². The lowest BCUT2D eigenvalue weighted by Gasteiger charge is -2.05. The molecule has 0 spiro atoms. The third-order valence-electron chi connectivity index (χ3n) is 1.62. The fourth-order valence-electron chi connectivity index (χ4n) is 0.937. The number of nitrogens with one attached hydrogen (secondary N) is 2. The zero-order valence-electron chi connectivity index (χ0n) is 7.91. The second-order valence-corrected chi connectivity index (χ2v) is 2.77. The highest BCUT2D eigenvalue weighted by Crippen LogP contribution is 2.09. The summed E-state index contributed by atoms with van der Waals surface area (Å²) in [6, 6.07) is 0. The van der Waals surface area contributed by atoms with E-state index < -0.39 is 0 Å². The summed E-state index contributed by atoms with van der Waals surface area (Å²) in [5.41, 5.74) is 6.46. The van der Waals surface area contributed by atoms with Crippen molar-refractivity contribution in [1.29, 1.82) is 5.41 Å². The number of nitrogens with zero attached hydrogens (tertiary/aromatic N) is 2. The minimum atomic E-state index is 0.00855. The van der Waals surface area contributed by atoms with E-state index in [1.807, 2.05) is 0 Å². The summed E-state index contributed by atoms with van der Waals surface area (Å²) in [5.74, 6) is 0.634. The maximum absolute atomic E-state index is 8.56. The van der Waals surface area contributed by atoms with Crippen molar-refractivity contribution < 1.29 is 5.11 Å². The van der Waals surface area contributed by atoms with Gasteiger partial charge in [-0.3, -0.25) is 0 Å². The first-order chi connectivity index (χ1) is 6.65. The molecule has 5 N–H and O–H groups in total. The topological polar surface area (TPSA) is 108 Å². The summed E-state index contributed by atoms with van der Waals surface area (Å²) in [6.07, 6.45) is 1.49. The lowest BCUT2D eigenvalue weighted by Crippen LogP contribution is -2.11. The Bertz CT molecular complexity index is 339. The van der Waals surface area contributed by atoms with E-state index in [2.05, 4.69) is 15.3 Å². The van der Waals surface area contributed by atoms with E-state index in [0.717, 1.165) is 0 Å². The van der Waals surface area contributed by atoms with Gasteiger partial charge in [0, 0.05) is 18.5 Å². The minimum absolute atomic E-state index is 0.00855. The van der Waals surface area contributed by atoms with Crippen molar-refractivity contribution in [2.75, 3.05) is 24.2 Å². The molecule has 0 fully saturated rings. The zero-order chi connectivity index (χ0) is 10.6. The van der Waals surface area contributed by atoms with E-state index in [-0.39, 0.29) is 12.4 Å². The second kappa shape index (κ2) is 4.52. The monoisotopic (exact) mass is 195 g/mol. The molecule has 0 amide bonds. The number of hydrogen-bond donors (Lipinski definition) is 4. The highest BCUT2D eigenvalue weighted by molar-refractivity contribution is 5.99. The Hall–Kier alpha value is -1.69. The van der Waals surface area contributed by atoms with Gasteiger partial charge in [0.25, 0.3) is 0 Å². The molecule has 0 bridgehead atoms. The Morgan fingerprint density at radius 2 is 2.43 bits per heavy atom. The fourth-order valence-corrected chi connectivity index (χ4v) is 0.937. The predicted octanol–water partition coefficient (Wildman–Crippen LogP) is -0.149. The van der Waals surface area contributed by atoms with Gasteiger partial charge in [-0.15, -0.1) is 0 Å². The molecule has 0 aliphatic heterocycles. The molecule has 0 aliphatic rings. The first-order valence-corrected chi connectivity index (χ1v) is 4.18. The SMILES string of the molecule is CC(=N)c1cnc(NCCO)nc1N. The normalized spacial score (nSPS) is 9.86. The first-order valence-electron chi connectivity index (χ1n) is 4.18. The summed E-state index contributed by atoms with van der Waals surface area (Å²) in [4.78, 5) is 7.88. The Morgan fingerprint density at radius 1 is 1.71 bits per heavy atom. The van der Waals surface area contributed by atoms with Crippen LogP contribution in [0.2, 0.25) is 0 Å². The van der Waals surface area contributed by atoms with Crippen LogP contribution < -0.4 is 11.1 Å². The summed E-state index contributed by atoms with van der Waals surface area (Å²) < 4.78 is 0. The van der Waals surface area contributed by atoms with E-state index in [1.165, 1.54) is 6.20 Å². The molecule has 0 aromatic carbocycles. The van der Waals surface area contributed by atoms with Crippen LogP contribution in [0.25, 0.3) is 0 Å². The van der Waals surface area contributed by atoms with E-state index in [1.54, 1.807) is 6.92 Å². The average Bonchev–Trinajstić information content (AvgIpc) is 2.14. The molecule has 14 heavy (non-hydrogen) atoms. The molecule has 1 heterocycles. The molecule has 0 radical (unpaired) electrons. The summed E-state index contributed by atoms with van der Waals surface area (Å²) >= 11 is 0. The van der Waals surface area contributed by atoms with Gasteiger partial charge < -0.3 is 21.6 Å². The number of nitrogens with two attached hydrogens (primary N) is 1. The van der Waals surface area contributed by atoms with Crippen molar-refractivity contribution in [2.24, 2.45) is 0 Å². The number of aliphatic hydroxyl groups is 1. The number of nitrogen functional groups attached to an aromatic ring is 1. The van der Waals surface area contributed by atoms with Crippen LogP contribution in [0.1, 0.15) is 12.5 Å². The van der Waals surface area contributed by atoms with Crippen LogP contribution in [0.4, 0.5) is 11.8 Å². The van der Waals surface area contributed by atoms with Gasteiger partial charge in [0.15, 0.2) is 0 Å². The Labute approximate surface area is 81.7 Å². The minimum Gasteiger partial charge on any atom is -0.395 e. The van der Waals surface area contributed by atoms with Crippen molar-refractivity contribution in [3.8, 4) is 0 Å². The van der Waals surface area contributed by atoms with E-state index in [9.17, 15) is 0 Å². The van der Waals surface area contributed by atoms with Gasteiger partial charge in [-0.2, -0.15) is 4.98 Å². The lowest BCUT2D eigenvalue weighted by atomic mass is 10.2. The van der Waals surface area contributed by atoms with Gasteiger partial charge in [0.2, 0.25) is 5.95 Å². The maximum atomic E-state index is 8.56. The standard InChI is InChI=1S/C8H13N5O/c1-5(9)6-4-12-8(11-2-3-14)13-7(6)10/h4,9,14H,2-3H2,1H3,(H3,10,11,12,13). The largest absolute Gasteiger partial charge is 0.395 e. The van der Waals surface area contributed by atoms with Crippen molar-refractivity contribution in [2.45, 2.75) is 6.92 Å². The summed E-state index contributed by atoms with van der Waals surface area (Å²) in [7, 11) is 0. The number of hydrogen-bond acceptors (Lipinski definition) is 6. The van der Waals surface area contributed by atoms with Crippen LogP contribution >= 0.6 is 0 Å². The first kappa shape index (κ1) is 10.4. The van der Waals surface area contributed by atoms with Crippen molar-refractivity contribution in [1.82, 2.24) is 9.97 Å². The number of anilines is 2. The van der Waals surface area contributed by atoms with E-state index in [0.29, 0.717) is 23.8 Å². The van der Waals surface area contributed by atoms with E-state index in [4.69, 9.17) is 16.2 Å². The fraction of sp³-hybridized carbons (Fsp3) is 0.375. The second-order valence-electron chi connectivity index (χ2n) is 2.77. The molecule has 6 nitrogen and oxygen atoms in total. The maximum Gasteiger partial charge on any atom is 0.224 e. The molecule has 0 aliphatic carbocycles. The smallest absolute Gasteiger partial charge is 0.224 e. The van der Waals surface area contributed by atoms with Gasteiger partial charge >= 0.3 is 0 Å². The molecular weight excluding hydrogens is 182 g/mol. The van der Waals surface area contributed by atoms with Crippen LogP contribution in [-0.2, 0) is 0 Å². The van der Waals surface area contributed by atoms with E-state index >= 15 is 0 Å². The molecule has 1 aromatic rings. The molecule has 0 saturated heterocycles. The van der Waals surface area contributed by atoms with Crippen molar-refractivity contribution in [3.05, 3.63) is 11.8 Å². The highest BCUT2D eigenvalue weighted by atomic mass is 16.3. The average molecular weight is 195 g/mol. The Kier molecular flexibility index (Phi) is 3.35. The van der Waals surface area contributed by atoms with Crippen LogP contribution in [0.15, 0.2) is 6.20 Å². The van der Waals surface area contributed by atoms with Crippen molar-refractivity contribution >= 4 is 17.5 Å². The lowest BCUT2D eigenvalue weighted by molar-refractivity contribution is 0.311. The van der Waals surface area contributed by atoms with Gasteiger partial charge in [0.1, 0.15) is 5.82 Å².